The molecule has 2 bridgehead atoms. The molecule has 5 rings (SSSR count). The Labute approximate surface area is 189 Å². The van der Waals surface area contributed by atoms with Crippen LogP contribution in [-0.4, -0.2) is 54.6 Å². The fraction of sp³-hybridized carbons (Fsp3) is 0.619. The number of hydrogen-bond acceptors (Lipinski definition) is 4. The van der Waals surface area contributed by atoms with Crippen LogP contribution in [0.25, 0.3) is 0 Å². The molecule has 10 heteroatoms. The lowest BCUT2D eigenvalue weighted by Gasteiger charge is -2.51. The van der Waals surface area contributed by atoms with Crippen molar-refractivity contribution in [3.8, 4) is 5.75 Å². The van der Waals surface area contributed by atoms with Crippen LogP contribution in [0, 0.1) is 17.7 Å². The smallest absolute Gasteiger partial charge is 0.258 e. The molecule has 2 amide bonds. The summed E-state index contributed by atoms with van der Waals surface area (Å²) in [5.74, 6) is -0.372. The van der Waals surface area contributed by atoms with Crippen LogP contribution in [0.3, 0.4) is 0 Å². The number of benzene rings is 1. The zero-order valence-corrected chi connectivity index (χ0v) is 18.3. The normalized spacial score (nSPS) is 34.4. The molecule has 1 saturated heterocycles. The van der Waals surface area contributed by atoms with Crippen LogP contribution in [0.5, 0.6) is 5.75 Å². The first kappa shape index (κ1) is 22.6. The third-order valence-corrected chi connectivity index (χ3v) is 7.12. The first-order valence-electron chi connectivity index (χ1n) is 10.5. The Morgan fingerprint density at radius 2 is 1.84 bits per heavy atom. The zero-order valence-electron chi connectivity index (χ0n) is 16.8. The number of nitrogens with one attached hydrogen (secondary N) is 3. The molecule has 31 heavy (non-hydrogen) atoms. The molecule has 4 fully saturated rings. The van der Waals surface area contributed by atoms with Gasteiger partial charge in [-0.15, -0.1) is 11.6 Å². The van der Waals surface area contributed by atoms with Crippen LogP contribution in [-0.2, 0) is 9.59 Å². The summed E-state index contributed by atoms with van der Waals surface area (Å²) in [5.41, 5.74) is 0. The lowest BCUT2D eigenvalue weighted by molar-refractivity contribution is -0.128. The van der Waals surface area contributed by atoms with E-state index < -0.39 is 18.0 Å². The van der Waals surface area contributed by atoms with Crippen LogP contribution < -0.4 is 20.7 Å². The molecular formula is C21H25Cl2F2N3O3. The van der Waals surface area contributed by atoms with Gasteiger partial charge in [0.1, 0.15) is 23.8 Å². The van der Waals surface area contributed by atoms with Crippen LogP contribution in [0.1, 0.15) is 25.7 Å². The van der Waals surface area contributed by atoms with E-state index >= 15 is 0 Å². The van der Waals surface area contributed by atoms with Gasteiger partial charge in [0.15, 0.2) is 6.61 Å². The molecule has 1 aliphatic heterocycles. The Balaban J connectivity index is 1.26. The maximum absolute atomic E-state index is 14.2. The summed E-state index contributed by atoms with van der Waals surface area (Å²) < 4.78 is 33.0. The molecule has 1 aromatic rings. The minimum absolute atomic E-state index is 0.0170. The number of rotatable bonds is 6. The number of ether oxygens (including phenoxy) is 1. The van der Waals surface area contributed by atoms with E-state index in [0.717, 1.165) is 18.9 Å². The average molecular weight is 476 g/mol. The minimum Gasteiger partial charge on any atom is -0.484 e. The van der Waals surface area contributed by atoms with E-state index in [1.54, 1.807) is 0 Å². The van der Waals surface area contributed by atoms with Crippen molar-refractivity contribution in [2.45, 2.75) is 55.4 Å². The molecular weight excluding hydrogens is 451 g/mol. The molecule has 0 aromatic heterocycles. The Kier molecular flexibility index (Phi) is 6.89. The summed E-state index contributed by atoms with van der Waals surface area (Å²) in [7, 11) is 0. The van der Waals surface area contributed by atoms with E-state index in [-0.39, 0.29) is 53.1 Å². The maximum atomic E-state index is 14.2. The van der Waals surface area contributed by atoms with Gasteiger partial charge in [0.2, 0.25) is 5.91 Å². The lowest BCUT2D eigenvalue weighted by Crippen LogP contribution is -2.63. The SMILES string of the molecule is O=C(COc1ccc(Cl)c(F)c1)NC1CC(NC(=O)C2NCC(Cl)CC2F)C2CC1C2. The number of carbonyl (C=O) groups excluding carboxylic acids is 2. The molecule has 3 saturated carbocycles. The van der Waals surface area contributed by atoms with Gasteiger partial charge < -0.3 is 20.7 Å². The Morgan fingerprint density at radius 3 is 2.52 bits per heavy atom. The number of halogens is 4. The summed E-state index contributed by atoms with van der Waals surface area (Å²) in [5, 5.41) is 8.48. The number of amides is 2. The highest BCUT2D eigenvalue weighted by Gasteiger charge is 2.47. The van der Waals surface area contributed by atoms with E-state index in [2.05, 4.69) is 16.0 Å². The van der Waals surface area contributed by atoms with Crippen molar-refractivity contribution in [3.63, 3.8) is 0 Å². The fourth-order valence-corrected chi connectivity index (χ4v) is 5.09. The third-order valence-electron chi connectivity index (χ3n) is 6.48. The first-order chi connectivity index (χ1) is 14.8. The number of fused-ring (bicyclic) bond motifs is 2. The summed E-state index contributed by atoms with van der Waals surface area (Å²) in [6.45, 7) is 0.145. The largest absolute Gasteiger partial charge is 0.484 e. The summed E-state index contributed by atoms with van der Waals surface area (Å²) in [6.07, 6.45) is 1.22. The quantitative estimate of drug-likeness (QED) is 0.552. The summed E-state index contributed by atoms with van der Waals surface area (Å²) >= 11 is 11.6. The highest BCUT2D eigenvalue weighted by Crippen LogP contribution is 2.45. The van der Waals surface area contributed by atoms with Gasteiger partial charge in [0.25, 0.3) is 5.91 Å². The second kappa shape index (κ2) is 9.46. The van der Waals surface area contributed by atoms with Gasteiger partial charge >= 0.3 is 0 Å². The van der Waals surface area contributed by atoms with Crippen molar-refractivity contribution in [1.82, 2.24) is 16.0 Å². The zero-order chi connectivity index (χ0) is 22.1. The second-order valence-corrected chi connectivity index (χ2v) is 9.64. The summed E-state index contributed by atoms with van der Waals surface area (Å²) in [4.78, 5) is 24.9. The number of piperidine rings is 1. The molecule has 1 aromatic carbocycles. The van der Waals surface area contributed by atoms with Gasteiger partial charge in [0, 0.05) is 30.1 Å². The van der Waals surface area contributed by atoms with Crippen molar-refractivity contribution in [2.75, 3.05) is 13.2 Å². The van der Waals surface area contributed by atoms with Crippen molar-refractivity contribution in [1.29, 1.82) is 0 Å². The molecule has 170 valence electrons. The van der Waals surface area contributed by atoms with Crippen LogP contribution in [0.2, 0.25) is 5.02 Å². The van der Waals surface area contributed by atoms with E-state index in [1.165, 1.54) is 12.1 Å². The molecule has 4 aliphatic rings. The highest BCUT2D eigenvalue weighted by atomic mass is 35.5. The average Bonchev–Trinajstić information content (AvgIpc) is 2.67. The monoisotopic (exact) mass is 475 g/mol. The fourth-order valence-electron chi connectivity index (χ4n) is 4.72. The molecule has 5 unspecified atom stereocenters. The van der Waals surface area contributed by atoms with Crippen molar-refractivity contribution < 1.29 is 23.1 Å². The van der Waals surface area contributed by atoms with Gasteiger partial charge in [-0.3, -0.25) is 9.59 Å². The number of alkyl halides is 2. The molecule has 6 nitrogen and oxygen atoms in total. The topological polar surface area (TPSA) is 79.5 Å². The van der Waals surface area contributed by atoms with Gasteiger partial charge in [-0.2, -0.15) is 0 Å². The molecule has 1 heterocycles. The lowest BCUT2D eigenvalue weighted by atomic mass is 9.60. The van der Waals surface area contributed by atoms with Crippen molar-refractivity contribution in [3.05, 3.63) is 29.0 Å². The molecule has 0 radical (unpaired) electrons. The highest BCUT2D eigenvalue weighted by molar-refractivity contribution is 6.30. The number of hydrogen-bond donors (Lipinski definition) is 3. The Morgan fingerprint density at radius 1 is 1.13 bits per heavy atom. The summed E-state index contributed by atoms with van der Waals surface area (Å²) in [6, 6.07) is 2.88. The molecule has 3 aliphatic carbocycles. The van der Waals surface area contributed by atoms with Crippen molar-refractivity contribution >= 4 is 35.0 Å². The van der Waals surface area contributed by atoms with Crippen LogP contribution in [0.15, 0.2) is 18.2 Å². The standard InChI is InChI=1S/C21H25Cl2F2N3O3/c22-12-5-16(25)20(26-8-12)21(30)28-18-7-17(10-3-11(18)4-10)27-19(29)9-31-13-1-2-14(23)15(24)6-13/h1-2,6,10-12,16-18,20,26H,3-5,7-9H2,(H,27,29)(H,28,30). The Hall–Kier alpha value is -1.64. The number of carbonyl (C=O) groups is 2. The van der Waals surface area contributed by atoms with Gasteiger partial charge in [-0.25, -0.2) is 8.78 Å². The minimum atomic E-state index is -1.32. The van der Waals surface area contributed by atoms with Crippen LogP contribution in [0.4, 0.5) is 8.78 Å². The molecule has 0 spiro atoms. The van der Waals surface area contributed by atoms with E-state index in [4.69, 9.17) is 27.9 Å². The third kappa shape index (κ3) is 5.23. The van der Waals surface area contributed by atoms with E-state index in [0.29, 0.717) is 24.8 Å². The van der Waals surface area contributed by atoms with E-state index in [9.17, 15) is 18.4 Å². The van der Waals surface area contributed by atoms with Crippen molar-refractivity contribution in [2.24, 2.45) is 11.8 Å². The van der Waals surface area contributed by atoms with Gasteiger partial charge in [-0.05, 0) is 49.7 Å². The van der Waals surface area contributed by atoms with Gasteiger partial charge in [-0.1, -0.05) is 11.6 Å². The first-order valence-corrected chi connectivity index (χ1v) is 11.3. The van der Waals surface area contributed by atoms with E-state index in [1.807, 2.05) is 0 Å². The second-order valence-electron chi connectivity index (χ2n) is 8.62. The van der Waals surface area contributed by atoms with Gasteiger partial charge in [0.05, 0.1) is 5.02 Å². The molecule has 3 N–H and O–H groups in total. The van der Waals surface area contributed by atoms with Crippen LogP contribution >= 0.6 is 23.2 Å². The molecule has 5 atom stereocenters. The predicted octanol–water partition coefficient (Wildman–Crippen LogP) is 2.56. The maximum Gasteiger partial charge on any atom is 0.258 e. The predicted molar refractivity (Wildman–Crippen MR) is 113 cm³/mol. The Bertz CT molecular complexity index is 840.